The van der Waals surface area contributed by atoms with Crippen molar-refractivity contribution in [1.82, 2.24) is 0 Å². The summed E-state index contributed by atoms with van der Waals surface area (Å²) >= 11 is 0. The van der Waals surface area contributed by atoms with Crippen LogP contribution in [-0.2, 0) is 4.74 Å². The first kappa shape index (κ1) is 7.94. The molecule has 1 aliphatic rings. The van der Waals surface area contributed by atoms with Crippen LogP contribution in [0.3, 0.4) is 0 Å². The molecular weight excluding hydrogens is 136 g/mol. The molecule has 3 N–H and O–H groups in total. The van der Waals surface area contributed by atoms with Gasteiger partial charge in [0.05, 0.1) is 12.2 Å². The zero-order valence-corrected chi connectivity index (χ0v) is 5.77. The number of hydrogen-bond acceptors (Lipinski definition) is 4. The Morgan fingerprint density at radius 3 is 2.30 bits per heavy atom. The van der Waals surface area contributed by atoms with Crippen molar-refractivity contribution in [2.75, 3.05) is 0 Å². The highest BCUT2D eigenvalue weighted by atomic mass is 16.6. The summed E-state index contributed by atoms with van der Waals surface area (Å²) in [6, 6.07) is 0. The first-order chi connectivity index (χ1) is 4.61. The van der Waals surface area contributed by atoms with Crippen molar-refractivity contribution in [1.29, 1.82) is 0 Å². The number of aliphatic hydroxyl groups is 3. The van der Waals surface area contributed by atoms with Crippen LogP contribution in [0.25, 0.3) is 0 Å². The molecule has 1 saturated heterocycles. The van der Waals surface area contributed by atoms with E-state index in [2.05, 4.69) is 0 Å². The molecule has 60 valence electrons. The minimum atomic E-state index is -1.13. The molecule has 10 heavy (non-hydrogen) atoms. The molecule has 0 radical (unpaired) electrons. The van der Waals surface area contributed by atoms with Gasteiger partial charge in [0, 0.05) is 6.42 Å². The molecule has 1 heterocycles. The maximum absolute atomic E-state index is 8.94. The van der Waals surface area contributed by atoms with Gasteiger partial charge in [-0.1, -0.05) is 0 Å². The molecular formula is C6H12O4. The minimum absolute atomic E-state index is 0.304. The van der Waals surface area contributed by atoms with Crippen LogP contribution in [0.2, 0.25) is 0 Å². The van der Waals surface area contributed by atoms with Crippen molar-refractivity contribution >= 4 is 0 Å². The van der Waals surface area contributed by atoms with Crippen LogP contribution in [0.4, 0.5) is 0 Å². The van der Waals surface area contributed by atoms with Crippen molar-refractivity contribution in [3.05, 3.63) is 0 Å². The summed E-state index contributed by atoms with van der Waals surface area (Å²) < 4.78 is 4.79. The summed E-state index contributed by atoms with van der Waals surface area (Å²) in [5.41, 5.74) is 0. The zero-order valence-electron chi connectivity index (χ0n) is 5.77. The van der Waals surface area contributed by atoms with E-state index in [1.54, 1.807) is 6.92 Å². The van der Waals surface area contributed by atoms with Crippen molar-refractivity contribution in [3.8, 4) is 0 Å². The molecule has 0 amide bonds. The molecule has 4 nitrogen and oxygen atoms in total. The summed E-state index contributed by atoms with van der Waals surface area (Å²) in [5, 5.41) is 26.7. The lowest BCUT2D eigenvalue weighted by atomic mass is 10.1. The summed E-state index contributed by atoms with van der Waals surface area (Å²) in [6.07, 6.45) is -2.73. The third-order valence-electron chi connectivity index (χ3n) is 1.66. The van der Waals surface area contributed by atoms with E-state index >= 15 is 0 Å². The molecule has 0 spiro atoms. The zero-order chi connectivity index (χ0) is 7.72. The monoisotopic (exact) mass is 148 g/mol. The Kier molecular flexibility index (Phi) is 2.25. The average Bonchev–Trinajstić information content (AvgIpc) is 2.13. The van der Waals surface area contributed by atoms with Gasteiger partial charge in [0.2, 0.25) is 0 Å². The molecule has 0 aromatic heterocycles. The van der Waals surface area contributed by atoms with E-state index in [4.69, 9.17) is 20.1 Å². The molecule has 1 fully saturated rings. The molecule has 0 saturated carbocycles. The summed E-state index contributed by atoms with van der Waals surface area (Å²) in [5.74, 6) is 0. The van der Waals surface area contributed by atoms with Gasteiger partial charge < -0.3 is 20.1 Å². The Morgan fingerprint density at radius 2 is 2.10 bits per heavy atom. The first-order valence-electron chi connectivity index (χ1n) is 3.31. The molecule has 4 atom stereocenters. The molecule has 4 heteroatoms. The lowest BCUT2D eigenvalue weighted by Crippen LogP contribution is -2.22. The molecule has 1 rings (SSSR count). The number of aliphatic hydroxyl groups excluding tert-OH is 3. The summed E-state index contributed by atoms with van der Waals surface area (Å²) in [4.78, 5) is 0. The fourth-order valence-electron chi connectivity index (χ4n) is 0.990. The van der Waals surface area contributed by atoms with Gasteiger partial charge in [-0.2, -0.15) is 0 Å². The topological polar surface area (TPSA) is 69.9 Å². The maximum atomic E-state index is 8.94. The largest absolute Gasteiger partial charge is 0.391 e. The van der Waals surface area contributed by atoms with Crippen LogP contribution >= 0.6 is 0 Å². The van der Waals surface area contributed by atoms with E-state index in [0.29, 0.717) is 6.42 Å². The van der Waals surface area contributed by atoms with E-state index in [9.17, 15) is 0 Å². The minimum Gasteiger partial charge on any atom is -0.391 e. The summed E-state index contributed by atoms with van der Waals surface area (Å²) in [6.45, 7) is 1.56. The Hall–Kier alpha value is -0.160. The van der Waals surface area contributed by atoms with Gasteiger partial charge in [-0.25, -0.2) is 0 Å². The second-order valence-electron chi connectivity index (χ2n) is 2.61. The van der Waals surface area contributed by atoms with E-state index in [-0.39, 0.29) is 0 Å². The predicted octanol–water partition coefficient (Wildman–Crippen LogP) is -1.16. The quantitative estimate of drug-likeness (QED) is 0.438. The Bertz CT molecular complexity index is 104. The van der Waals surface area contributed by atoms with Crippen LogP contribution < -0.4 is 0 Å². The lowest BCUT2D eigenvalue weighted by Gasteiger charge is -2.11. The Morgan fingerprint density at radius 1 is 1.50 bits per heavy atom. The van der Waals surface area contributed by atoms with Gasteiger partial charge in [0.25, 0.3) is 0 Å². The number of ether oxygens (including phenoxy) is 1. The van der Waals surface area contributed by atoms with Crippen molar-refractivity contribution < 1.29 is 20.1 Å². The fourth-order valence-corrected chi connectivity index (χ4v) is 0.990. The standard InChI is InChI=1S/C6H12O4/c1-3(7)5-2-4(8)6(9)10-5/h3-9H,2H2,1H3/t3-,4-,5+,6-/m1/s1. The number of rotatable bonds is 1. The van der Waals surface area contributed by atoms with E-state index in [1.165, 1.54) is 0 Å². The second kappa shape index (κ2) is 2.84. The highest BCUT2D eigenvalue weighted by Crippen LogP contribution is 2.20. The highest BCUT2D eigenvalue weighted by molar-refractivity contribution is 4.78. The molecule has 1 aliphatic heterocycles. The third kappa shape index (κ3) is 1.46. The fraction of sp³-hybridized carbons (Fsp3) is 1.00. The lowest BCUT2D eigenvalue weighted by molar-refractivity contribution is -0.143. The van der Waals surface area contributed by atoms with Crippen LogP contribution in [0.15, 0.2) is 0 Å². The molecule has 0 aromatic carbocycles. The normalized spacial score (nSPS) is 43.8. The van der Waals surface area contributed by atoms with Crippen LogP contribution in [-0.4, -0.2) is 39.9 Å². The highest BCUT2D eigenvalue weighted by Gasteiger charge is 2.34. The summed E-state index contributed by atoms with van der Waals surface area (Å²) in [7, 11) is 0. The van der Waals surface area contributed by atoms with Crippen LogP contribution in [0.1, 0.15) is 13.3 Å². The van der Waals surface area contributed by atoms with Crippen molar-refractivity contribution in [2.24, 2.45) is 0 Å². The SMILES string of the molecule is C[C@@H](O)[C@@H]1C[C@@H](O)[C@H](O)O1. The molecule has 0 aromatic rings. The molecule has 0 unspecified atom stereocenters. The predicted molar refractivity (Wildman–Crippen MR) is 33.2 cm³/mol. The van der Waals surface area contributed by atoms with Gasteiger partial charge in [0.1, 0.15) is 6.10 Å². The Labute approximate surface area is 59.1 Å². The second-order valence-corrected chi connectivity index (χ2v) is 2.61. The van der Waals surface area contributed by atoms with Gasteiger partial charge in [-0.15, -0.1) is 0 Å². The third-order valence-corrected chi connectivity index (χ3v) is 1.66. The first-order valence-corrected chi connectivity index (χ1v) is 3.31. The van der Waals surface area contributed by atoms with Gasteiger partial charge >= 0.3 is 0 Å². The maximum Gasteiger partial charge on any atom is 0.181 e. The average molecular weight is 148 g/mol. The molecule has 0 aliphatic carbocycles. The van der Waals surface area contributed by atoms with Gasteiger partial charge in [-0.3, -0.25) is 0 Å². The van der Waals surface area contributed by atoms with E-state index in [0.717, 1.165) is 0 Å². The Balaban J connectivity index is 2.41. The molecule has 0 bridgehead atoms. The number of hydrogen-bond donors (Lipinski definition) is 3. The van der Waals surface area contributed by atoms with Crippen molar-refractivity contribution in [2.45, 2.75) is 37.9 Å². The van der Waals surface area contributed by atoms with E-state index < -0.39 is 24.6 Å². The van der Waals surface area contributed by atoms with Crippen molar-refractivity contribution in [3.63, 3.8) is 0 Å². The smallest absolute Gasteiger partial charge is 0.181 e. The van der Waals surface area contributed by atoms with Crippen LogP contribution in [0.5, 0.6) is 0 Å². The van der Waals surface area contributed by atoms with Gasteiger partial charge in [-0.05, 0) is 6.92 Å². The van der Waals surface area contributed by atoms with Crippen LogP contribution in [0, 0.1) is 0 Å². The van der Waals surface area contributed by atoms with Gasteiger partial charge in [0.15, 0.2) is 6.29 Å². The van der Waals surface area contributed by atoms with E-state index in [1.807, 2.05) is 0 Å².